The summed E-state index contributed by atoms with van der Waals surface area (Å²) in [4.78, 5) is 22.0. The number of thiazole rings is 1. The van der Waals surface area contributed by atoms with E-state index in [4.69, 9.17) is 9.72 Å². The van der Waals surface area contributed by atoms with E-state index in [1.54, 1.807) is 29.2 Å². The summed E-state index contributed by atoms with van der Waals surface area (Å²) in [5.74, 6) is 0.760. The number of benzene rings is 2. The Morgan fingerprint density at radius 1 is 1.00 bits per heavy atom. The van der Waals surface area contributed by atoms with E-state index < -0.39 is 0 Å². The van der Waals surface area contributed by atoms with Crippen LogP contribution in [0.3, 0.4) is 0 Å². The van der Waals surface area contributed by atoms with Crippen molar-refractivity contribution >= 4 is 17.2 Å². The molecule has 168 valence electrons. The highest BCUT2D eigenvalue weighted by Crippen LogP contribution is 2.24. The first kappa shape index (κ1) is 21.4. The molecule has 0 radical (unpaired) electrons. The molecule has 3 heterocycles. The third-order valence-corrected chi connectivity index (χ3v) is 6.70. The maximum atomic E-state index is 13.0. The number of amides is 1. The fourth-order valence-electron chi connectivity index (χ4n) is 3.91. The minimum absolute atomic E-state index is 0.0260. The average molecular weight is 460 g/mol. The maximum Gasteiger partial charge on any atom is 0.274 e. The zero-order valence-electron chi connectivity index (χ0n) is 18.4. The molecule has 0 spiro atoms. The highest BCUT2D eigenvalue weighted by atomic mass is 32.1. The molecule has 7 nitrogen and oxygen atoms in total. The van der Waals surface area contributed by atoms with E-state index in [9.17, 15) is 4.79 Å². The lowest BCUT2D eigenvalue weighted by molar-refractivity contribution is 0.0621. The first-order valence-electron chi connectivity index (χ1n) is 10.9. The molecule has 8 heteroatoms. The molecule has 0 aliphatic carbocycles. The SMILES string of the molecule is COc1ccc(-n2ccc(C(=O)N3CCN(Cc4csc(-c5ccccc5)n4)CC3)n2)cc1. The number of hydrogen-bond donors (Lipinski definition) is 0. The van der Waals surface area contributed by atoms with E-state index >= 15 is 0 Å². The van der Waals surface area contributed by atoms with Gasteiger partial charge in [-0.05, 0) is 30.3 Å². The van der Waals surface area contributed by atoms with Crippen molar-refractivity contribution in [2.45, 2.75) is 6.54 Å². The topological polar surface area (TPSA) is 63.5 Å². The summed E-state index contributed by atoms with van der Waals surface area (Å²) in [6.07, 6.45) is 1.82. The van der Waals surface area contributed by atoms with Crippen LogP contribution >= 0.6 is 11.3 Å². The number of piperazine rings is 1. The second kappa shape index (κ2) is 9.56. The zero-order chi connectivity index (χ0) is 22.6. The van der Waals surface area contributed by atoms with Crippen LogP contribution in [0.2, 0.25) is 0 Å². The van der Waals surface area contributed by atoms with Crippen molar-refractivity contribution < 1.29 is 9.53 Å². The van der Waals surface area contributed by atoms with Gasteiger partial charge in [0.15, 0.2) is 5.69 Å². The second-order valence-electron chi connectivity index (χ2n) is 7.92. The lowest BCUT2D eigenvalue weighted by Crippen LogP contribution is -2.48. The largest absolute Gasteiger partial charge is 0.497 e. The molecule has 0 atom stereocenters. The van der Waals surface area contributed by atoms with Gasteiger partial charge in [0.1, 0.15) is 10.8 Å². The predicted octanol–water partition coefficient (Wildman–Crippen LogP) is 3.96. The number of hydrogen-bond acceptors (Lipinski definition) is 6. The Kier molecular flexibility index (Phi) is 6.19. The van der Waals surface area contributed by atoms with E-state index in [2.05, 4.69) is 27.5 Å². The van der Waals surface area contributed by atoms with Gasteiger partial charge in [-0.2, -0.15) is 5.10 Å². The van der Waals surface area contributed by atoms with Gasteiger partial charge in [0.05, 0.1) is 18.5 Å². The Morgan fingerprint density at radius 3 is 2.48 bits per heavy atom. The van der Waals surface area contributed by atoms with Gasteiger partial charge >= 0.3 is 0 Å². The Labute approximate surface area is 196 Å². The average Bonchev–Trinajstić information content (AvgIpc) is 3.55. The molecule has 2 aromatic heterocycles. The fourth-order valence-corrected chi connectivity index (χ4v) is 4.73. The Hall–Kier alpha value is -3.49. The van der Waals surface area contributed by atoms with Crippen LogP contribution in [0.25, 0.3) is 16.3 Å². The van der Waals surface area contributed by atoms with Gasteiger partial charge in [0.25, 0.3) is 5.91 Å². The fraction of sp³-hybridized carbons (Fsp3) is 0.240. The molecule has 1 saturated heterocycles. The summed E-state index contributed by atoms with van der Waals surface area (Å²) in [7, 11) is 1.64. The highest BCUT2D eigenvalue weighted by Gasteiger charge is 2.24. The molecule has 0 saturated carbocycles. The molecule has 33 heavy (non-hydrogen) atoms. The van der Waals surface area contributed by atoms with Crippen molar-refractivity contribution in [2.75, 3.05) is 33.3 Å². The summed E-state index contributed by atoms with van der Waals surface area (Å²) in [6.45, 7) is 3.82. The Morgan fingerprint density at radius 2 is 1.76 bits per heavy atom. The maximum absolute atomic E-state index is 13.0. The van der Waals surface area contributed by atoms with Gasteiger partial charge in [0, 0.05) is 49.9 Å². The van der Waals surface area contributed by atoms with Crippen LogP contribution in [-0.2, 0) is 6.54 Å². The van der Waals surface area contributed by atoms with E-state index in [-0.39, 0.29) is 5.91 Å². The summed E-state index contributed by atoms with van der Waals surface area (Å²) in [5.41, 5.74) is 3.58. The predicted molar refractivity (Wildman–Crippen MR) is 129 cm³/mol. The van der Waals surface area contributed by atoms with Gasteiger partial charge in [-0.25, -0.2) is 9.67 Å². The molecule has 4 aromatic rings. The van der Waals surface area contributed by atoms with E-state index in [1.165, 1.54) is 0 Å². The second-order valence-corrected chi connectivity index (χ2v) is 8.78. The van der Waals surface area contributed by atoms with Crippen LogP contribution in [0.5, 0.6) is 5.75 Å². The number of carbonyl (C=O) groups is 1. The van der Waals surface area contributed by atoms with Gasteiger partial charge < -0.3 is 9.64 Å². The summed E-state index contributed by atoms with van der Waals surface area (Å²) in [5, 5.41) is 7.67. The quantitative estimate of drug-likeness (QED) is 0.437. The summed E-state index contributed by atoms with van der Waals surface area (Å²) < 4.78 is 6.92. The Bertz CT molecular complexity index is 1210. The minimum Gasteiger partial charge on any atom is -0.497 e. The molecule has 2 aromatic carbocycles. The molecule has 5 rings (SSSR count). The van der Waals surface area contributed by atoms with Crippen LogP contribution in [-0.4, -0.2) is 63.8 Å². The molecular weight excluding hydrogens is 434 g/mol. The van der Waals surface area contributed by atoms with Crippen molar-refractivity contribution in [3.8, 4) is 22.0 Å². The number of ether oxygens (including phenoxy) is 1. The molecule has 1 aliphatic heterocycles. The number of carbonyl (C=O) groups excluding carboxylic acids is 1. The van der Waals surface area contributed by atoms with Crippen molar-refractivity contribution in [1.82, 2.24) is 24.6 Å². The van der Waals surface area contributed by atoms with Crippen molar-refractivity contribution in [1.29, 1.82) is 0 Å². The third kappa shape index (κ3) is 4.81. The lowest BCUT2D eigenvalue weighted by atomic mass is 10.2. The Balaban J connectivity index is 1.16. The van der Waals surface area contributed by atoms with Gasteiger partial charge in [0.2, 0.25) is 0 Å². The van der Waals surface area contributed by atoms with E-state index in [1.807, 2.05) is 53.6 Å². The number of aromatic nitrogens is 3. The summed E-state index contributed by atoms with van der Waals surface area (Å²) >= 11 is 1.68. The first-order valence-corrected chi connectivity index (χ1v) is 11.8. The zero-order valence-corrected chi connectivity index (χ0v) is 19.2. The van der Waals surface area contributed by atoms with Gasteiger partial charge in [-0.15, -0.1) is 11.3 Å². The smallest absolute Gasteiger partial charge is 0.274 e. The molecule has 0 bridgehead atoms. The molecule has 0 N–H and O–H groups in total. The first-order chi connectivity index (χ1) is 16.2. The van der Waals surface area contributed by atoms with Crippen LogP contribution in [0, 0.1) is 0 Å². The molecule has 1 aliphatic rings. The highest BCUT2D eigenvalue weighted by molar-refractivity contribution is 7.13. The summed E-state index contributed by atoms with van der Waals surface area (Å²) in [6, 6.07) is 19.6. The van der Waals surface area contributed by atoms with Crippen LogP contribution in [0.4, 0.5) is 0 Å². The number of rotatable bonds is 6. The van der Waals surface area contributed by atoms with Gasteiger partial charge in [-0.3, -0.25) is 9.69 Å². The van der Waals surface area contributed by atoms with Gasteiger partial charge in [-0.1, -0.05) is 30.3 Å². The van der Waals surface area contributed by atoms with Crippen LogP contribution in [0.15, 0.2) is 72.2 Å². The van der Waals surface area contributed by atoms with E-state index in [0.717, 1.165) is 47.3 Å². The molecular formula is C25H25N5O2S. The standard InChI is InChI=1S/C25H25N5O2S/c1-32-22-9-7-21(8-10-22)30-12-11-23(27-30)25(31)29-15-13-28(14-16-29)17-20-18-33-24(26-20)19-5-3-2-4-6-19/h2-12,18H,13-17H2,1H3. The monoisotopic (exact) mass is 459 g/mol. The molecule has 1 amide bonds. The van der Waals surface area contributed by atoms with Crippen molar-refractivity contribution in [2.24, 2.45) is 0 Å². The minimum atomic E-state index is -0.0260. The number of nitrogens with zero attached hydrogens (tertiary/aromatic N) is 5. The lowest BCUT2D eigenvalue weighted by Gasteiger charge is -2.34. The molecule has 1 fully saturated rings. The number of methoxy groups -OCH3 is 1. The van der Waals surface area contributed by atoms with Crippen LogP contribution < -0.4 is 4.74 Å². The normalized spacial score (nSPS) is 14.4. The van der Waals surface area contributed by atoms with Crippen molar-refractivity contribution in [3.63, 3.8) is 0 Å². The third-order valence-electron chi connectivity index (χ3n) is 5.76. The van der Waals surface area contributed by atoms with Crippen LogP contribution in [0.1, 0.15) is 16.2 Å². The molecule has 0 unspecified atom stereocenters. The van der Waals surface area contributed by atoms with Crippen molar-refractivity contribution in [3.05, 3.63) is 83.6 Å². The van der Waals surface area contributed by atoms with E-state index in [0.29, 0.717) is 18.8 Å².